The highest BCUT2D eigenvalue weighted by molar-refractivity contribution is 14.0. The van der Waals surface area contributed by atoms with Gasteiger partial charge in [-0.2, -0.15) is 0 Å². The molecule has 1 aromatic rings. The number of para-hydroxylation sites is 1. The summed E-state index contributed by atoms with van der Waals surface area (Å²) in [4.78, 5) is 9.50. The first-order valence-corrected chi connectivity index (χ1v) is 9.64. The van der Waals surface area contributed by atoms with E-state index in [0.29, 0.717) is 0 Å². The van der Waals surface area contributed by atoms with Crippen LogP contribution in [0.5, 0.6) is 5.75 Å². The van der Waals surface area contributed by atoms with Crippen molar-refractivity contribution >= 4 is 29.9 Å². The number of rotatable bonds is 6. The summed E-state index contributed by atoms with van der Waals surface area (Å²) in [5.41, 5.74) is 0. The number of nitrogens with one attached hydrogen (secondary N) is 1. The van der Waals surface area contributed by atoms with Crippen LogP contribution in [-0.2, 0) is 0 Å². The van der Waals surface area contributed by atoms with Gasteiger partial charge < -0.3 is 19.9 Å². The highest BCUT2D eigenvalue weighted by Gasteiger charge is 2.27. The largest absolute Gasteiger partial charge is 0.489 e. The molecule has 0 bridgehead atoms. The lowest BCUT2D eigenvalue weighted by molar-refractivity contribution is 0.222. The van der Waals surface area contributed by atoms with Gasteiger partial charge in [0.05, 0.1) is 6.54 Å². The molecule has 0 saturated carbocycles. The lowest BCUT2D eigenvalue weighted by Gasteiger charge is -2.24. The van der Waals surface area contributed by atoms with Gasteiger partial charge in [0, 0.05) is 26.7 Å². The highest BCUT2D eigenvalue weighted by atomic mass is 127. The Kier molecular flexibility index (Phi) is 8.98. The van der Waals surface area contributed by atoms with E-state index in [9.17, 15) is 0 Å². The molecule has 0 aromatic heterocycles. The first-order valence-electron chi connectivity index (χ1n) is 9.64. The molecule has 0 aliphatic carbocycles. The smallest absolute Gasteiger partial charge is 0.193 e. The monoisotopic (exact) mass is 472 g/mol. The second-order valence-corrected chi connectivity index (χ2v) is 7.28. The van der Waals surface area contributed by atoms with E-state index in [2.05, 4.69) is 27.0 Å². The third kappa shape index (κ3) is 6.30. The molecule has 2 fully saturated rings. The Hall–Kier alpha value is -1.02. The van der Waals surface area contributed by atoms with E-state index in [-0.39, 0.29) is 30.1 Å². The molecule has 2 aliphatic rings. The molecule has 2 aliphatic heterocycles. The van der Waals surface area contributed by atoms with Crippen molar-refractivity contribution in [2.45, 2.75) is 32.3 Å². The van der Waals surface area contributed by atoms with Gasteiger partial charge in [-0.15, -0.1) is 24.0 Å². The van der Waals surface area contributed by atoms with E-state index in [4.69, 9.17) is 4.74 Å². The van der Waals surface area contributed by atoms with E-state index < -0.39 is 0 Å². The normalized spacial score (nSPS) is 22.2. The SMILES string of the molecule is CN=C(NCC(C)Oc1ccccc1)N1CCC(CN2CCCC2)C1.I. The Morgan fingerprint density at radius 2 is 1.96 bits per heavy atom. The van der Waals surface area contributed by atoms with Crippen molar-refractivity contribution < 1.29 is 4.74 Å². The van der Waals surface area contributed by atoms with Crippen LogP contribution < -0.4 is 10.1 Å². The van der Waals surface area contributed by atoms with Gasteiger partial charge in [0.25, 0.3) is 0 Å². The molecular formula is C20H33IN4O. The Morgan fingerprint density at radius 3 is 2.65 bits per heavy atom. The predicted molar refractivity (Wildman–Crippen MR) is 119 cm³/mol. The number of hydrogen-bond acceptors (Lipinski definition) is 3. The van der Waals surface area contributed by atoms with Gasteiger partial charge in [0.2, 0.25) is 0 Å². The van der Waals surface area contributed by atoms with E-state index in [0.717, 1.165) is 37.3 Å². The van der Waals surface area contributed by atoms with Gasteiger partial charge in [0.1, 0.15) is 11.9 Å². The van der Waals surface area contributed by atoms with Crippen LogP contribution in [-0.4, -0.2) is 68.2 Å². The first-order chi connectivity index (χ1) is 12.2. The van der Waals surface area contributed by atoms with E-state index in [1.54, 1.807) is 0 Å². The minimum atomic E-state index is 0. The summed E-state index contributed by atoms with van der Waals surface area (Å²) in [6.45, 7) is 8.90. The van der Waals surface area contributed by atoms with Crippen molar-refractivity contribution in [2.75, 3.05) is 46.3 Å². The van der Waals surface area contributed by atoms with E-state index >= 15 is 0 Å². The molecule has 6 heteroatoms. The number of ether oxygens (including phenoxy) is 1. The average molecular weight is 472 g/mol. The molecule has 0 radical (unpaired) electrons. The van der Waals surface area contributed by atoms with Crippen molar-refractivity contribution in [2.24, 2.45) is 10.9 Å². The quantitative estimate of drug-likeness (QED) is 0.393. The third-order valence-corrected chi connectivity index (χ3v) is 5.14. The minimum Gasteiger partial charge on any atom is -0.489 e. The zero-order valence-corrected chi connectivity index (χ0v) is 18.4. The van der Waals surface area contributed by atoms with Crippen LogP contribution in [0.15, 0.2) is 35.3 Å². The average Bonchev–Trinajstić information content (AvgIpc) is 3.29. The lowest BCUT2D eigenvalue weighted by Crippen LogP contribution is -2.44. The van der Waals surface area contributed by atoms with Gasteiger partial charge in [-0.3, -0.25) is 4.99 Å². The molecular weight excluding hydrogens is 439 g/mol. The first kappa shape index (κ1) is 21.3. The maximum absolute atomic E-state index is 5.94. The lowest BCUT2D eigenvalue weighted by atomic mass is 10.1. The van der Waals surface area contributed by atoms with Gasteiger partial charge in [-0.25, -0.2) is 0 Å². The maximum atomic E-state index is 5.94. The standard InChI is InChI=1S/C20H32N4O.HI/c1-17(25-19-8-4-3-5-9-19)14-22-20(21-2)24-13-10-18(16-24)15-23-11-6-7-12-23;/h3-5,8-9,17-18H,6-7,10-16H2,1-2H3,(H,21,22);1H. The third-order valence-electron chi connectivity index (χ3n) is 5.14. The Bertz CT molecular complexity index is 548. The summed E-state index contributed by atoms with van der Waals surface area (Å²) in [6, 6.07) is 9.99. The van der Waals surface area contributed by atoms with Crippen LogP contribution in [0.4, 0.5) is 0 Å². The number of likely N-dealkylation sites (tertiary alicyclic amines) is 2. The van der Waals surface area contributed by atoms with Gasteiger partial charge in [-0.05, 0) is 57.3 Å². The second kappa shape index (κ2) is 11.0. The minimum absolute atomic E-state index is 0. The van der Waals surface area contributed by atoms with Gasteiger partial charge in [0.15, 0.2) is 5.96 Å². The maximum Gasteiger partial charge on any atom is 0.193 e. The summed E-state index contributed by atoms with van der Waals surface area (Å²) in [5, 5.41) is 3.48. The van der Waals surface area contributed by atoms with Gasteiger partial charge >= 0.3 is 0 Å². The fraction of sp³-hybridized carbons (Fsp3) is 0.650. The summed E-state index contributed by atoms with van der Waals surface area (Å²) < 4.78 is 5.94. The van der Waals surface area contributed by atoms with Crippen molar-refractivity contribution in [1.29, 1.82) is 0 Å². The van der Waals surface area contributed by atoms with Crippen LogP contribution in [0.3, 0.4) is 0 Å². The molecule has 0 amide bonds. The zero-order valence-electron chi connectivity index (χ0n) is 16.1. The molecule has 5 nitrogen and oxygen atoms in total. The highest BCUT2D eigenvalue weighted by Crippen LogP contribution is 2.20. The van der Waals surface area contributed by atoms with Crippen LogP contribution in [0.25, 0.3) is 0 Å². The molecule has 1 N–H and O–H groups in total. The fourth-order valence-electron chi connectivity index (χ4n) is 3.84. The molecule has 2 heterocycles. The molecule has 1 aromatic carbocycles. The molecule has 146 valence electrons. The summed E-state index contributed by atoms with van der Waals surface area (Å²) in [5.74, 6) is 2.70. The number of nitrogens with zero attached hydrogens (tertiary/aromatic N) is 3. The van der Waals surface area contributed by atoms with Crippen LogP contribution >= 0.6 is 24.0 Å². The second-order valence-electron chi connectivity index (χ2n) is 7.28. The number of benzene rings is 1. The molecule has 0 spiro atoms. The summed E-state index contributed by atoms with van der Waals surface area (Å²) in [6.07, 6.45) is 4.12. The zero-order chi connectivity index (χ0) is 17.5. The van der Waals surface area contributed by atoms with Crippen LogP contribution in [0, 0.1) is 5.92 Å². The molecule has 3 rings (SSSR count). The van der Waals surface area contributed by atoms with Crippen molar-refractivity contribution in [3.63, 3.8) is 0 Å². The predicted octanol–water partition coefficient (Wildman–Crippen LogP) is 3.07. The van der Waals surface area contributed by atoms with Crippen molar-refractivity contribution in [1.82, 2.24) is 15.1 Å². The van der Waals surface area contributed by atoms with Crippen molar-refractivity contribution in [3.05, 3.63) is 30.3 Å². The Labute approximate surface area is 175 Å². The summed E-state index contributed by atoms with van der Waals surface area (Å²) in [7, 11) is 1.87. The van der Waals surface area contributed by atoms with Crippen molar-refractivity contribution in [3.8, 4) is 5.75 Å². The molecule has 2 unspecified atom stereocenters. The number of hydrogen-bond donors (Lipinski definition) is 1. The number of halogens is 1. The Morgan fingerprint density at radius 1 is 1.23 bits per heavy atom. The number of aliphatic imine (C=N–C) groups is 1. The van der Waals surface area contributed by atoms with E-state index in [1.165, 1.54) is 38.9 Å². The fourth-order valence-corrected chi connectivity index (χ4v) is 3.84. The molecule has 2 atom stereocenters. The molecule has 2 saturated heterocycles. The van der Waals surface area contributed by atoms with Crippen LogP contribution in [0.2, 0.25) is 0 Å². The number of guanidine groups is 1. The summed E-state index contributed by atoms with van der Waals surface area (Å²) >= 11 is 0. The molecule has 26 heavy (non-hydrogen) atoms. The Balaban J connectivity index is 0.00000243. The topological polar surface area (TPSA) is 40.1 Å². The van der Waals surface area contributed by atoms with E-state index in [1.807, 2.05) is 37.4 Å². The van der Waals surface area contributed by atoms with Crippen LogP contribution in [0.1, 0.15) is 26.2 Å². The van der Waals surface area contributed by atoms with Gasteiger partial charge in [-0.1, -0.05) is 18.2 Å².